The molecule has 1 heterocycles. The lowest BCUT2D eigenvalue weighted by atomic mass is 10.2. The van der Waals surface area contributed by atoms with Gasteiger partial charge in [0.25, 0.3) is 10.2 Å². The molecule has 1 fully saturated rings. The Labute approximate surface area is 122 Å². The van der Waals surface area contributed by atoms with Crippen molar-refractivity contribution >= 4 is 16.1 Å². The molecule has 1 rings (SSSR count). The third-order valence-corrected chi connectivity index (χ3v) is 5.35. The summed E-state index contributed by atoms with van der Waals surface area (Å²) < 4.78 is 26.6. The van der Waals surface area contributed by atoms with Gasteiger partial charge in [-0.2, -0.15) is 17.0 Å². The smallest absolute Gasteiger partial charge is 0.281 e. The van der Waals surface area contributed by atoms with Crippen LogP contribution in [0.4, 0.5) is 0 Å². The van der Waals surface area contributed by atoms with Gasteiger partial charge in [-0.25, -0.2) is 0 Å². The number of carbonyl (C=O) groups is 1. The minimum Gasteiger partial charge on any atom is -0.340 e. The molecular formula is C12H26N4O3S. The Balaban J connectivity index is 2.48. The summed E-state index contributed by atoms with van der Waals surface area (Å²) in [6.45, 7) is 6.47. The van der Waals surface area contributed by atoms with Crippen molar-refractivity contribution in [1.29, 1.82) is 0 Å². The van der Waals surface area contributed by atoms with E-state index in [0.29, 0.717) is 32.6 Å². The zero-order valence-electron chi connectivity index (χ0n) is 12.8. The highest BCUT2D eigenvalue weighted by molar-refractivity contribution is 7.86. The van der Waals surface area contributed by atoms with E-state index in [1.54, 1.807) is 4.90 Å². The molecule has 1 amide bonds. The van der Waals surface area contributed by atoms with Crippen molar-refractivity contribution in [2.45, 2.75) is 26.3 Å². The first-order valence-electron chi connectivity index (χ1n) is 6.97. The molecule has 118 valence electrons. The SMILES string of the molecule is CCNC(C)CC(=O)N1CCN(S(=O)(=O)N(C)C)CC1. The topological polar surface area (TPSA) is 73.0 Å². The highest BCUT2D eigenvalue weighted by Crippen LogP contribution is 2.11. The standard InChI is InChI=1S/C12H26N4O3S/c1-5-13-11(2)10-12(17)15-6-8-16(9-7-15)20(18,19)14(3)4/h11,13H,5-10H2,1-4H3. The normalized spacial score (nSPS) is 19.4. The minimum atomic E-state index is -3.36. The first-order valence-corrected chi connectivity index (χ1v) is 8.37. The molecule has 8 heteroatoms. The minimum absolute atomic E-state index is 0.0837. The first-order chi connectivity index (χ1) is 9.28. The molecule has 0 bridgehead atoms. The molecule has 0 spiro atoms. The van der Waals surface area contributed by atoms with Gasteiger partial charge in [0.05, 0.1) is 0 Å². The average Bonchev–Trinajstić information content (AvgIpc) is 2.38. The van der Waals surface area contributed by atoms with Gasteiger partial charge in [-0.05, 0) is 13.5 Å². The van der Waals surface area contributed by atoms with Crippen molar-refractivity contribution < 1.29 is 13.2 Å². The maximum atomic E-state index is 12.1. The number of piperazine rings is 1. The summed E-state index contributed by atoms with van der Waals surface area (Å²) >= 11 is 0. The summed E-state index contributed by atoms with van der Waals surface area (Å²) in [4.78, 5) is 13.8. The van der Waals surface area contributed by atoms with Crippen molar-refractivity contribution in [3.05, 3.63) is 0 Å². The molecule has 1 saturated heterocycles. The summed E-state index contributed by atoms with van der Waals surface area (Å²) in [6.07, 6.45) is 0.453. The Morgan fingerprint density at radius 1 is 1.25 bits per heavy atom. The highest BCUT2D eigenvalue weighted by Gasteiger charge is 2.30. The van der Waals surface area contributed by atoms with Gasteiger partial charge in [0.1, 0.15) is 0 Å². The van der Waals surface area contributed by atoms with Crippen LogP contribution in [-0.2, 0) is 15.0 Å². The molecule has 20 heavy (non-hydrogen) atoms. The Morgan fingerprint density at radius 2 is 1.80 bits per heavy atom. The van der Waals surface area contributed by atoms with Crippen LogP contribution in [0.3, 0.4) is 0 Å². The number of nitrogens with zero attached hydrogens (tertiary/aromatic N) is 3. The number of rotatable bonds is 6. The molecule has 0 radical (unpaired) electrons. The van der Waals surface area contributed by atoms with E-state index in [2.05, 4.69) is 5.32 Å². The van der Waals surface area contributed by atoms with Gasteiger partial charge < -0.3 is 10.2 Å². The third-order valence-electron chi connectivity index (χ3n) is 3.41. The van der Waals surface area contributed by atoms with Crippen LogP contribution in [0, 0.1) is 0 Å². The zero-order valence-corrected chi connectivity index (χ0v) is 13.6. The molecule has 0 aliphatic carbocycles. The van der Waals surface area contributed by atoms with Crippen molar-refractivity contribution in [3.8, 4) is 0 Å². The molecule has 0 aromatic rings. The molecule has 7 nitrogen and oxygen atoms in total. The molecule has 0 aromatic carbocycles. The van der Waals surface area contributed by atoms with Crippen LogP contribution in [-0.4, -0.2) is 80.7 Å². The molecule has 1 atom stereocenters. The molecule has 1 N–H and O–H groups in total. The summed E-state index contributed by atoms with van der Waals surface area (Å²) in [5.41, 5.74) is 0. The van der Waals surface area contributed by atoms with Crippen molar-refractivity contribution in [1.82, 2.24) is 18.8 Å². The predicted octanol–water partition coefficient (Wildman–Crippen LogP) is -0.675. The van der Waals surface area contributed by atoms with E-state index in [4.69, 9.17) is 0 Å². The predicted molar refractivity (Wildman–Crippen MR) is 78.5 cm³/mol. The van der Waals surface area contributed by atoms with Gasteiger partial charge in [0.15, 0.2) is 0 Å². The maximum absolute atomic E-state index is 12.1. The Morgan fingerprint density at radius 3 is 2.25 bits per heavy atom. The van der Waals surface area contributed by atoms with Gasteiger partial charge in [0.2, 0.25) is 5.91 Å². The third kappa shape index (κ3) is 4.41. The zero-order chi connectivity index (χ0) is 15.3. The van der Waals surface area contributed by atoms with E-state index in [0.717, 1.165) is 6.54 Å². The molecule has 0 saturated carbocycles. The molecule has 1 aliphatic rings. The Kier molecular flexibility index (Phi) is 6.38. The van der Waals surface area contributed by atoms with Gasteiger partial charge in [0, 0.05) is 52.7 Å². The van der Waals surface area contributed by atoms with E-state index >= 15 is 0 Å². The lowest BCUT2D eigenvalue weighted by molar-refractivity contribution is -0.132. The maximum Gasteiger partial charge on any atom is 0.281 e. The van der Waals surface area contributed by atoms with Gasteiger partial charge in [-0.3, -0.25) is 4.79 Å². The number of amides is 1. The molecule has 0 aromatic heterocycles. The summed E-state index contributed by atoms with van der Waals surface area (Å²) in [7, 11) is -0.327. The van der Waals surface area contributed by atoms with Crippen LogP contribution >= 0.6 is 0 Å². The molecular weight excluding hydrogens is 280 g/mol. The van der Waals surface area contributed by atoms with Gasteiger partial charge in [-0.15, -0.1) is 0 Å². The van der Waals surface area contributed by atoms with Crippen LogP contribution in [0.15, 0.2) is 0 Å². The van der Waals surface area contributed by atoms with Crippen molar-refractivity contribution in [3.63, 3.8) is 0 Å². The van der Waals surface area contributed by atoms with E-state index in [9.17, 15) is 13.2 Å². The number of carbonyl (C=O) groups excluding carboxylic acids is 1. The second kappa shape index (κ2) is 7.35. The Hall–Kier alpha value is -0.700. The number of hydrogen-bond acceptors (Lipinski definition) is 4. The molecule has 1 unspecified atom stereocenters. The Bertz CT molecular complexity index is 416. The van der Waals surface area contributed by atoms with Crippen molar-refractivity contribution in [2.24, 2.45) is 0 Å². The number of nitrogens with one attached hydrogen (secondary N) is 1. The largest absolute Gasteiger partial charge is 0.340 e. The summed E-state index contributed by atoms with van der Waals surface area (Å²) in [5.74, 6) is 0.0837. The van der Waals surface area contributed by atoms with E-state index < -0.39 is 10.2 Å². The van der Waals surface area contributed by atoms with Gasteiger partial charge in [-0.1, -0.05) is 6.92 Å². The second-order valence-electron chi connectivity index (χ2n) is 5.23. The van der Waals surface area contributed by atoms with Crippen LogP contribution in [0.1, 0.15) is 20.3 Å². The van der Waals surface area contributed by atoms with Gasteiger partial charge >= 0.3 is 0 Å². The van der Waals surface area contributed by atoms with Crippen LogP contribution in [0.5, 0.6) is 0 Å². The van der Waals surface area contributed by atoms with Crippen LogP contribution < -0.4 is 5.32 Å². The van der Waals surface area contributed by atoms with Crippen molar-refractivity contribution in [2.75, 3.05) is 46.8 Å². The number of hydrogen-bond donors (Lipinski definition) is 1. The fourth-order valence-electron chi connectivity index (χ4n) is 2.21. The summed E-state index contributed by atoms with van der Waals surface area (Å²) in [6, 6.07) is 0.149. The fraction of sp³-hybridized carbons (Fsp3) is 0.917. The highest BCUT2D eigenvalue weighted by atomic mass is 32.2. The fourth-order valence-corrected chi connectivity index (χ4v) is 3.30. The van der Waals surface area contributed by atoms with E-state index in [-0.39, 0.29) is 11.9 Å². The lowest BCUT2D eigenvalue weighted by Gasteiger charge is -2.35. The monoisotopic (exact) mass is 306 g/mol. The lowest BCUT2D eigenvalue weighted by Crippen LogP contribution is -2.53. The van der Waals surface area contributed by atoms with Crippen LogP contribution in [0.25, 0.3) is 0 Å². The second-order valence-corrected chi connectivity index (χ2v) is 7.38. The quantitative estimate of drug-likeness (QED) is 0.706. The summed E-state index contributed by atoms with van der Waals surface area (Å²) in [5, 5.41) is 3.20. The van der Waals surface area contributed by atoms with Crippen LogP contribution in [0.2, 0.25) is 0 Å². The van der Waals surface area contributed by atoms with E-state index in [1.807, 2.05) is 13.8 Å². The average molecular weight is 306 g/mol. The first kappa shape index (κ1) is 17.4. The molecule has 1 aliphatic heterocycles. The van der Waals surface area contributed by atoms with E-state index in [1.165, 1.54) is 22.7 Å².